The predicted molar refractivity (Wildman–Crippen MR) is 125 cm³/mol. The predicted octanol–water partition coefficient (Wildman–Crippen LogP) is 3.24. The zero-order valence-electron chi connectivity index (χ0n) is 18.6. The third-order valence-electron chi connectivity index (χ3n) is 5.30. The van der Waals surface area contributed by atoms with Gasteiger partial charge in [0.1, 0.15) is 29.0 Å². The lowest BCUT2D eigenvalue weighted by Gasteiger charge is -2.11. The molecule has 174 valence electrons. The SMILES string of the molecule is Cc1ccc(O)c(S(=O)(=O)Nc2cccc(-c3nc4c(-n5cncn5)c(C(C)C)[nH]n4n3)c2)c1. The largest absolute Gasteiger partial charge is 0.507 e. The first-order chi connectivity index (χ1) is 16.2. The smallest absolute Gasteiger partial charge is 0.265 e. The highest BCUT2D eigenvalue weighted by Gasteiger charge is 2.22. The van der Waals surface area contributed by atoms with Crippen LogP contribution < -0.4 is 4.72 Å². The van der Waals surface area contributed by atoms with Crippen molar-refractivity contribution in [1.82, 2.24) is 34.6 Å². The molecule has 0 aliphatic heterocycles. The maximum absolute atomic E-state index is 12.9. The van der Waals surface area contributed by atoms with Crippen LogP contribution in [0.3, 0.4) is 0 Å². The number of phenolic OH excluding ortho intramolecular Hbond substituents is 1. The first-order valence-corrected chi connectivity index (χ1v) is 12.0. The number of phenols is 1. The van der Waals surface area contributed by atoms with Gasteiger partial charge in [0.05, 0.1) is 5.69 Å². The molecule has 0 saturated carbocycles. The van der Waals surface area contributed by atoms with Gasteiger partial charge >= 0.3 is 0 Å². The fourth-order valence-corrected chi connectivity index (χ4v) is 4.91. The number of nitrogens with one attached hydrogen (secondary N) is 2. The molecule has 0 unspecified atom stereocenters. The molecule has 0 aliphatic rings. The highest BCUT2D eigenvalue weighted by atomic mass is 32.2. The van der Waals surface area contributed by atoms with Crippen LogP contribution in [0.15, 0.2) is 60.0 Å². The maximum atomic E-state index is 12.9. The monoisotopic (exact) mass is 478 g/mol. The molecule has 11 nitrogen and oxygen atoms in total. The summed E-state index contributed by atoms with van der Waals surface area (Å²) < 4.78 is 31.5. The van der Waals surface area contributed by atoms with E-state index in [0.29, 0.717) is 28.3 Å². The lowest BCUT2D eigenvalue weighted by molar-refractivity contribution is 0.459. The molecule has 3 heterocycles. The molecule has 0 amide bonds. The van der Waals surface area contributed by atoms with Gasteiger partial charge in [0.2, 0.25) is 5.65 Å². The van der Waals surface area contributed by atoms with Crippen LogP contribution in [0.5, 0.6) is 5.75 Å². The van der Waals surface area contributed by atoms with E-state index >= 15 is 0 Å². The highest BCUT2D eigenvalue weighted by molar-refractivity contribution is 7.92. The Hall–Kier alpha value is -4.19. The van der Waals surface area contributed by atoms with Crippen molar-refractivity contribution in [3.05, 3.63) is 66.4 Å². The number of aromatic amines is 1. The number of benzene rings is 2. The minimum atomic E-state index is -4.00. The number of anilines is 1. The number of aromatic nitrogens is 7. The molecular weight excluding hydrogens is 456 g/mol. The minimum Gasteiger partial charge on any atom is -0.507 e. The Morgan fingerprint density at radius 2 is 1.97 bits per heavy atom. The van der Waals surface area contributed by atoms with Crippen LogP contribution in [0.2, 0.25) is 0 Å². The minimum absolute atomic E-state index is 0.168. The topological polar surface area (TPSA) is 143 Å². The Morgan fingerprint density at radius 1 is 1.15 bits per heavy atom. The first-order valence-electron chi connectivity index (χ1n) is 10.5. The summed E-state index contributed by atoms with van der Waals surface area (Å²) in [5.74, 6) is 0.255. The van der Waals surface area contributed by atoms with Gasteiger partial charge in [-0.15, -0.1) is 5.10 Å². The first kappa shape index (κ1) is 21.6. The standard InChI is InChI=1S/C22H22N8O3S/c1-13(2)19-20(29-12-23-11-24-29)22-25-21(27-30(22)26-19)15-5-4-6-16(10-15)28-34(32,33)18-9-14(3)7-8-17(18)31/h4-13,26,28,31H,1-3H3. The van der Waals surface area contributed by atoms with Crippen molar-refractivity contribution in [2.24, 2.45) is 0 Å². The molecule has 34 heavy (non-hydrogen) atoms. The van der Waals surface area contributed by atoms with Crippen molar-refractivity contribution in [2.45, 2.75) is 31.6 Å². The van der Waals surface area contributed by atoms with Crippen LogP contribution in [-0.2, 0) is 10.0 Å². The van der Waals surface area contributed by atoms with Crippen LogP contribution >= 0.6 is 0 Å². The van der Waals surface area contributed by atoms with Gasteiger partial charge in [-0.25, -0.2) is 23.1 Å². The number of H-pyrrole nitrogens is 1. The van der Waals surface area contributed by atoms with Gasteiger partial charge in [-0.2, -0.15) is 9.73 Å². The third kappa shape index (κ3) is 3.77. The molecule has 2 aromatic carbocycles. The summed E-state index contributed by atoms with van der Waals surface area (Å²) in [6.07, 6.45) is 3.05. The van der Waals surface area contributed by atoms with Crippen molar-refractivity contribution in [3.63, 3.8) is 0 Å². The Morgan fingerprint density at radius 3 is 2.71 bits per heavy atom. The average molecular weight is 479 g/mol. The number of aromatic hydroxyl groups is 1. The second kappa shape index (κ2) is 7.99. The zero-order chi connectivity index (χ0) is 24.0. The van der Waals surface area contributed by atoms with E-state index < -0.39 is 10.0 Å². The second-order valence-corrected chi connectivity index (χ2v) is 9.85. The molecule has 5 aromatic rings. The summed E-state index contributed by atoms with van der Waals surface area (Å²) in [5, 5.41) is 22.1. The van der Waals surface area contributed by atoms with E-state index in [-0.39, 0.29) is 16.6 Å². The van der Waals surface area contributed by atoms with Crippen molar-refractivity contribution < 1.29 is 13.5 Å². The normalized spacial score (nSPS) is 12.0. The van der Waals surface area contributed by atoms with Gasteiger partial charge in [-0.1, -0.05) is 32.0 Å². The quantitative estimate of drug-likeness (QED) is 0.340. The zero-order valence-corrected chi connectivity index (χ0v) is 19.4. The number of rotatable bonds is 6. The number of hydrogen-bond acceptors (Lipinski definition) is 7. The lowest BCUT2D eigenvalue weighted by Crippen LogP contribution is -2.13. The van der Waals surface area contributed by atoms with Crippen molar-refractivity contribution in [3.8, 4) is 22.8 Å². The van der Waals surface area contributed by atoms with Crippen LogP contribution in [-0.4, -0.2) is 48.1 Å². The van der Waals surface area contributed by atoms with Crippen LogP contribution in [0.25, 0.3) is 22.7 Å². The summed E-state index contributed by atoms with van der Waals surface area (Å²) in [6.45, 7) is 5.85. The van der Waals surface area contributed by atoms with E-state index in [0.717, 1.165) is 11.4 Å². The number of fused-ring (bicyclic) bond motifs is 1. The van der Waals surface area contributed by atoms with Crippen molar-refractivity contribution >= 4 is 21.4 Å². The van der Waals surface area contributed by atoms with Crippen molar-refractivity contribution in [1.29, 1.82) is 0 Å². The fraction of sp³-hybridized carbons (Fsp3) is 0.182. The van der Waals surface area contributed by atoms with Gasteiger partial charge < -0.3 is 5.11 Å². The van der Waals surface area contributed by atoms with E-state index in [1.165, 1.54) is 18.5 Å². The molecule has 0 aliphatic carbocycles. The number of sulfonamides is 1. The van der Waals surface area contributed by atoms with Crippen LogP contribution in [0, 0.1) is 6.92 Å². The Kier molecular flexibility index (Phi) is 5.09. The number of aryl methyl sites for hydroxylation is 1. The molecule has 5 rings (SSSR count). The second-order valence-electron chi connectivity index (χ2n) is 8.20. The van der Waals surface area contributed by atoms with Gasteiger partial charge in [-0.3, -0.25) is 9.82 Å². The molecule has 0 radical (unpaired) electrons. The maximum Gasteiger partial charge on any atom is 0.265 e. The number of nitrogens with zero attached hydrogens (tertiary/aromatic N) is 6. The van der Waals surface area contributed by atoms with E-state index in [1.807, 2.05) is 13.8 Å². The van der Waals surface area contributed by atoms with E-state index in [9.17, 15) is 13.5 Å². The Balaban J connectivity index is 1.52. The van der Waals surface area contributed by atoms with Gasteiger partial charge in [0.25, 0.3) is 10.0 Å². The van der Waals surface area contributed by atoms with Crippen LogP contribution in [0.1, 0.15) is 31.0 Å². The van der Waals surface area contributed by atoms with Gasteiger partial charge in [0, 0.05) is 11.3 Å². The summed E-state index contributed by atoms with van der Waals surface area (Å²) in [7, 11) is -4.00. The molecule has 0 spiro atoms. The van der Waals surface area contributed by atoms with E-state index in [2.05, 4.69) is 30.0 Å². The van der Waals surface area contributed by atoms with E-state index in [4.69, 9.17) is 0 Å². The lowest BCUT2D eigenvalue weighted by atomic mass is 10.1. The summed E-state index contributed by atoms with van der Waals surface area (Å²) in [5.41, 5.74) is 3.87. The van der Waals surface area contributed by atoms with Crippen molar-refractivity contribution in [2.75, 3.05) is 4.72 Å². The molecule has 3 N–H and O–H groups in total. The highest BCUT2D eigenvalue weighted by Crippen LogP contribution is 2.29. The Bertz CT molecular complexity index is 1600. The molecule has 3 aromatic heterocycles. The average Bonchev–Trinajstić information content (AvgIpc) is 3.51. The third-order valence-corrected chi connectivity index (χ3v) is 6.71. The summed E-state index contributed by atoms with van der Waals surface area (Å²) in [4.78, 5) is 8.52. The summed E-state index contributed by atoms with van der Waals surface area (Å²) >= 11 is 0. The molecule has 0 saturated heterocycles. The summed E-state index contributed by atoms with van der Waals surface area (Å²) in [6, 6.07) is 11.2. The molecule has 0 bridgehead atoms. The number of hydrogen-bond donors (Lipinski definition) is 3. The molecular formula is C22H22N8O3S. The Labute approximate surface area is 195 Å². The molecule has 12 heteroatoms. The van der Waals surface area contributed by atoms with Gasteiger partial charge in [0.15, 0.2) is 5.82 Å². The molecule has 0 atom stereocenters. The fourth-order valence-electron chi connectivity index (χ4n) is 3.67. The molecule has 0 fully saturated rings. The van der Waals surface area contributed by atoms with E-state index in [1.54, 1.807) is 52.9 Å². The van der Waals surface area contributed by atoms with Gasteiger partial charge in [-0.05, 0) is 42.7 Å². The van der Waals surface area contributed by atoms with Crippen LogP contribution in [0.4, 0.5) is 5.69 Å².